The monoisotopic (exact) mass is 280 g/mol. The summed E-state index contributed by atoms with van der Waals surface area (Å²) in [7, 11) is 0. The van der Waals surface area contributed by atoms with Crippen LogP contribution in [0.15, 0.2) is 0 Å². The minimum atomic E-state index is -4.21. The molecule has 0 aromatic heterocycles. The van der Waals surface area contributed by atoms with E-state index < -0.39 is 12.8 Å². The number of hydrogen-bond donors (Lipinski definition) is 1. The normalized spacial score (nSPS) is 22.1. The topological polar surface area (TPSA) is 24.5 Å². The van der Waals surface area contributed by atoms with E-state index >= 15 is 0 Å². The molecule has 1 saturated carbocycles. The van der Waals surface area contributed by atoms with Crippen LogP contribution in [0.25, 0.3) is 0 Å². The molecule has 1 saturated heterocycles. The van der Waals surface area contributed by atoms with E-state index in [1.807, 2.05) is 0 Å². The van der Waals surface area contributed by atoms with Crippen molar-refractivity contribution in [3.63, 3.8) is 0 Å². The lowest BCUT2D eigenvalue weighted by atomic mass is 9.97. The Balaban J connectivity index is 1.65. The zero-order chi connectivity index (χ0) is 13.7. The molecule has 1 heterocycles. The van der Waals surface area contributed by atoms with E-state index in [0.29, 0.717) is 18.5 Å². The molecule has 0 unspecified atom stereocenters. The molecule has 0 bridgehead atoms. The molecular weight excluding hydrogens is 257 g/mol. The molecule has 2 fully saturated rings. The number of nitrogens with one attached hydrogen (secondary N) is 1. The van der Waals surface area contributed by atoms with Crippen molar-refractivity contribution < 1.29 is 17.9 Å². The zero-order valence-electron chi connectivity index (χ0n) is 11.2. The summed E-state index contributed by atoms with van der Waals surface area (Å²) in [6.07, 6.45) is 0.507. The number of nitrogens with zero attached hydrogens (tertiary/aromatic N) is 1. The number of alkyl halides is 3. The van der Waals surface area contributed by atoms with Gasteiger partial charge in [-0.15, -0.1) is 0 Å². The first-order valence-corrected chi connectivity index (χ1v) is 7.14. The van der Waals surface area contributed by atoms with E-state index in [1.54, 1.807) is 0 Å². The number of halogens is 3. The van der Waals surface area contributed by atoms with Crippen molar-refractivity contribution in [3.8, 4) is 0 Å². The molecule has 0 atom stereocenters. The maximum Gasteiger partial charge on any atom is 0.411 e. The van der Waals surface area contributed by atoms with E-state index in [9.17, 15) is 13.2 Å². The van der Waals surface area contributed by atoms with Crippen LogP contribution in [0.2, 0.25) is 0 Å². The van der Waals surface area contributed by atoms with Crippen LogP contribution in [-0.2, 0) is 4.74 Å². The highest BCUT2D eigenvalue weighted by Crippen LogP contribution is 2.28. The Morgan fingerprint density at radius 2 is 1.79 bits per heavy atom. The lowest BCUT2D eigenvalue weighted by Crippen LogP contribution is -2.39. The summed E-state index contributed by atoms with van der Waals surface area (Å²) in [5.74, 6) is 0.685. The standard InChI is InChI=1S/C13H23F3N2O/c14-13(15,16)10-19-8-7-18(12-1-2-12)9-11-3-5-17-6-4-11/h11-12,17H,1-10H2. The third-order valence-electron chi connectivity index (χ3n) is 3.80. The molecule has 0 aromatic carbocycles. The second-order valence-electron chi connectivity index (χ2n) is 5.59. The SMILES string of the molecule is FC(F)(F)COCCN(CC1CCNCC1)C1CC1. The predicted molar refractivity (Wildman–Crippen MR) is 67.1 cm³/mol. The molecule has 0 aromatic rings. The summed E-state index contributed by atoms with van der Waals surface area (Å²) in [5.41, 5.74) is 0. The van der Waals surface area contributed by atoms with Crippen molar-refractivity contribution in [2.45, 2.75) is 37.9 Å². The summed E-state index contributed by atoms with van der Waals surface area (Å²) in [6.45, 7) is 2.83. The molecule has 2 aliphatic rings. The Morgan fingerprint density at radius 3 is 2.37 bits per heavy atom. The summed E-state index contributed by atoms with van der Waals surface area (Å²) in [6, 6.07) is 0.587. The molecule has 0 radical (unpaired) electrons. The first kappa shape index (κ1) is 15.1. The Labute approximate surface area is 112 Å². The van der Waals surface area contributed by atoms with Gasteiger partial charge in [0.1, 0.15) is 6.61 Å². The number of piperidine rings is 1. The van der Waals surface area contributed by atoms with Crippen molar-refractivity contribution in [2.24, 2.45) is 5.92 Å². The van der Waals surface area contributed by atoms with Crippen LogP contribution in [0.5, 0.6) is 0 Å². The van der Waals surface area contributed by atoms with Crippen LogP contribution in [0.4, 0.5) is 13.2 Å². The zero-order valence-corrected chi connectivity index (χ0v) is 11.2. The van der Waals surface area contributed by atoms with Crippen molar-refractivity contribution in [1.82, 2.24) is 10.2 Å². The number of hydrogen-bond acceptors (Lipinski definition) is 3. The minimum absolute atomic E-state index is 0.182. The van der Waals surface area contributed by atoms with Crippen LogP contribution >= 0.6 is 0 Å². The van der Waals surface area contributed by atoms with Gasteiger partial charge < -0.3 is 10.1 Å². The van der Waals surface area contributed by atoms with Crippen molar-refractivity contribution >= 4 is 0 Å². The largest absolute Gasteiger partial charge is 0.411 e. The molecule has 0 spiro atoms. The van der Waals surface area contributed by atoms with Gasteiger partial charge in [-0.3, -0.25) is 4.90 Å². The first-order chi connectivity index (χ1) is 9.04. The van der Waals surface area contributed by atoms with Crippen LogP contribution in [-0.4, -0.2) is 56.5 Å². The fourth-order valence-electron chi connectivity index (χ4n) is 2.63. The average Bonchev–Trinajstić information content (AvgIpc) is 3.17. The smallest absolute Gasteiger partial charge is 0.371 e. The quantitative estimate of drug-likeness (QED) is 0.722. The second kappa shape index (κ2) is 6.90. The van der Waals surface area contributed by atoms with Gasteiger partial charge in [-0.2, -0.15) is 13.2 Å². The molecule has 0 amide bonds. The molecule has 1 aliphatic heterocycles. The van der Waals surface area contributed by atoms with Crippen molar-refractivity contribution in [2.75, 3.05) is 39.4 Å². The predicted octanol–water partition coefficient (Wildman–Crippen LogP) is 2.03. The lowest BCUT2D eigenvalue weighted by Gasteiger charge is -2.30. The van der Waals surface area contributed by atoms with Gasteiger partial charge in [0, 0.05) is 19.1 Å². The summed E-state index contributed by atoms with van der Waals surface area (Å²) < 4.78 is 40.7. The summed E-state index contributed by atoms with van der Waals surface area (Å²) in [5, 5.41) is 3.33. The Morgan fingerprint density at radius 1 is 1.11 bits per heavy atom. The van der Waals surface area contributed by atoms with Crippen LogP contribution in [0.1, 0.15) is 25.7 Å². The first-order valence-electron chi connectivity index (χ1n) is 7.14. The van der Waals surface area contributed by atoms with Crippen LogP contribution in [0.3, 0.4) is 0 Å². The maximum atomic E-state index is 12.0. The molecule has 1 N–H and O–H groups in total. The highest BCUT2D eigenvalue weighted by atomic mass is 19.4. The van der Waals surface area contributed by atoms with E-state index in [1.165, 1.54) is 25.7 Å². The summed E-state index contributed by atoms with van der Waals surface area (Å²) in [4.78, 5) is 2.33. The fraction of sp³-hybridized carbons (Fsp3) is 1.00. The van der Waals surface area contributed by atoms with E-state index in [4.69, 9.17) is 4.74 Å². The van der Waals surface area contributed by atoms with Gasteiger partial charge in [0.05, 0.1) is 6.61 Å². The van der Waals surface area contributed by atoms with Crippen molar-refractivity contribution in [1.29, 1.82) is 0 Å². The van der Waals surface area contributed by atoms with Crippen LogP contribution < -0.4 is 5.32 Å². The third kappa shape index (κ3) is 6.10. The second-order valence-corrected chi connectivity index (χ2v) is 5.59. The van der Waals surface area contributed by atoms with Crippen LogP contribution in [0, 0.1) is 5.92 Å². The van der Waals surface area contributed by atoms with Crippen molar-refractivity contribution in [3.05, 3.63) is 0 Å². The van der Waals surface area contributed by atoms with Gasteiger partial charge in [-0.05, 0) is 44.7 Å². The molecule has 6 heteroatoms. The van der Waals surface area contributed by atoms with E-state index in [2.05, 4.69) is 10.2 Å². The molecule has 3 nitrogen and oxygen atoms in total. The maximum absolute atomic E-state index is 12.0. The number of rotatable bonds is 7. The lowest BCUT2D eigenvalue weighted by molar-refractivity contribution is -0.174. The molecule has 2 rings (SSSR count). The summed E-state index contributed by atoms with van der Waals surface area (Å²) >= 11 is 0. The van der Waals surface area contributed by atoms with Gasteiger partial charge in [-0.25, -0.2) is 0 Å². The Bertz CT molecular complexity index is 263. The molecule has 112 valence electrons. The van der Waals surface area contributed by atoms with Gasteiger partial charge in [0.2, 0.25) is 0 Å². The molecule has 1 aliphatic carbocycles. The fourth-order valence-corrected chi connectivity index (χ4v) is 2.63. The van der Waals surface area contributed by atoms with Gasteiger partial charge in [0.25, 0.3) is 0 Å². The third-order valence-corrected chi connectivity index (χ3v) is 3.80. The average molecular weight is 280 g/mol. The van der Waals surface area contributed by atoms with Gasteiger partial charge in [0.15, 0.2) is 0 Å². The van der Waals surface area contributed by atoms with E-state index in [-0.39, 0.29) is 6.61 Å². The molecular formula is C13H23F3N2O. The Kier molecular flexibility index (Phi) is 5.47. The van der Waals surface area contributed by atoms with E-state index in [0.717, 1.165) is 19.6 Å². The van der Waals surface area contributed by atoms with Gasteiger partial charge in [-0.1, -0.05) is 0 Å². The molecule has 19 heavy (non-hydrogen) atoms. The minimum Gasteiger partial charge on any atom is -0.371 e. The highest BCUT2D eigenvalue weighted by molar-refractivity contribution is 4.86. The number of ether oxygens (including phenoxy) is 1. The Hall–Kier alpha value is -0.330. The van der Waals surface area contributed by atoms with Gasteiger partial charge >= 0.3 is 6.18 Å². The highest BCUT2D eigenvalue weighted by Gasteiger charge is 2.31.